The molecule has 30 heavy (non-hydrogen) atoms. The molecule has 1 saturated heterocycles. The van der Waals surface area contributed by atoms with E-state index >= 15 is 0 Å². The maximum absolute atomic E-state index is 3.65. The molecule has 1 aliphatic heterocycles. The third-order valence-corrected chi connectivity index (χ3v) is 6.22. The first-order valence-corrected chi connectivity index (χ1v) is 11.3. The topological polar surface area (TPSA) is 18.5 Å². The van der Waals surface area contributed by atoms with Gasteiger partial charge in [0, 0.05) is 19.0 Å². The Kier molecular flexibility index (Phi) is 6.39. The van der Waals surface area contributed by atoms with Crippen LogP contribution in [0.2, 0.25) is 0 Å². The van der Waals surface area contributed by atoms with Crippen molar-refractivity contribution in [2.45, 2.75) is 46.0 Å². The normalized spacial score (nSPS) is 14.9. The van der Waals surface area contributed by atoms with Gasteiger partial charge in [-0.3, -0.25) is 10.0 Å². The Labute approximate surface area is 181 Å². The molecule has 1 heterocycles. The van der Waals surface area contributed by atoms with Crippen molar-refractivity contribution in [1.82, 2.24) is 5.53 Å². The van der Waals surface area contributed by atoms with E-state index in [1.807, 2.05) is 0 Å². The average molecular weight is 400 g/mol. The molecule has 156 valence electrons. The quantitative estimate of drug-likeness (QED) is 0.556. The summed E-state index contributed by atoms with van der Waals surface area (Å²) in [5.41, 5.74) is 11.6. The fourth-order valence-corrected chi connectivity index (χ4v) is 4.11. The monoisotopic (exact) mass is 399 g/mol. The van der Waals surface area contributed by atoms with Gasteiger partial charge in [-0.15, -0.1) is 5.53 Å². The van der Waals surface area contributed by atoms with Crippen LogP contribution >= 0.6 is 0 Å². The Morgan fingerprint density at radius 3 is 1.33 bits per heavy atom. The average Bonchev–Trinajstić information content (AvgIpc) is 2.84. The van der Waals surface area contributed by atoms with Gasteiger partial charge in [-0.1, -0.05) is 69.3 Å². The first kappa shape index (κ1) is 20.5. The predicted octanol–water partition coefficient (Wildman–Crippen LogP) is 5.90. The third kappa shape index (κ3) is 4.52. The molecule has 1 aliphatic rings. The van der Waals surface area contributed by atoms with Gasteiger partial charge >= 0.3 is 0 Å². The van der Waals surface area contributed by atoms with Crippen molar-refractivity contribution in [3.63, 3.8) is 0 Å². The summed E-state index contributed by atoms with van der Waals surface area (Å²) in [4.78, 5) is 0. The molecular formula is C27H33N3. The van der Waals surface area contributed by atoms with Crippen LogP contribution in [0, 0.1) is 0 Å². The van der Waals surface area contributed by atoms with E-state index in [2.05, 4.69) is 109 Å². The SMILES string of the molecule is CCc1ccc(C2CN(c3ccc(CC)cc3)NN(c3ccc(CC)cc3)C2)cc1. The second-order valence-corrected chi connectivity index (χ2v) is 8.15. The molecule has 3 aromatic carbocycles. The van der Waals surface area contributed by atoms with Gasteiger partial charge in [0.15, 0.2) is 0 Å². The molecule has 0 aromatic heterocycles. The number of benzene rings is 3. The highest BCUT2D eigenvalue weighted by molar-refractivity contribution is 5.53. The van der Waals surface area contributed by atoms with Crippen molar-refractivity contribution < 1.29 is 0 Å². The number of aryl methyl sites for hydroxylation is 3. The first-order valence-electron chi connectivity index (χ1n) is 11.3. The van der Waals surface area contributed by atoms with Crippen LogP contribution in [-0.4, -0.2) is 13.1 Å². The number of nitrogens with zero attached hydrogens (tertiary/aromatic N) is 2. The fourth-order valence-electron chi connectivity index (χ4n) is 4.11. The van der Waals surface area contributed by atoms with Crippen molar-refractivity contribution in [2.24, 2.45) is 0 Å². The van der Waals surface area contributed by atoms with Crippen LogP contribution in [-0.2, 0) is 19.3 Å². The van der Waals surface area contributed by atoms with E-state index in [-0.39, 0.29) is 0 Å². The maximum atomic E-state index is 3.65. The van der Waals surface area contributed by atoms with Crippen LogP contribution in [0.3, 0.4) is 0 Å². The van der Waals surface area contributed by atoms with Gasteiger partial charge in [-0.05, 0) is 65.8 Å². The van der Waals surface area contributed by atoms with E-state index in [0.717, 1.165) is 32.4 Å². The summed E-state index contributed by atoms with van der Waals surface area (Å²) < 4.78 is 0. The molecule has 4 rings (SSSR count). The lowest BCUT2D eigenvalue weighted by molar-refractivity contribution is 0.457. The van der Waals surface area contributed by atoms with Crippen LogP contribution in [0.25, 0.3) is 0 Å². The summed E-state index contributed by atoms with van der Waals surface area (Å²) in [6.45, 7) is 8.50. The summed E-state index contributed by atoms with van der Waals surface area (Å²) in [6.07, 6.45) is 3.21. The minimum absolute atomic E-state index is 0.425. The number of hydrazine groups is 2. The molecule has 0 atom stereocenters. The van der Waals surface area contributed by atoms with Gasteiger partial charge in [0.1, 0.15) is 0 Å². The highest BCUT2D eigenvalue weighted by Gasteiger charge is 2.27. The van der Waals surface area contributed by atoms with Gasteiger partial charge in [0.05, 0.1) is 11.4 Å². The molecular weight excluding hydrogens is 366 g/mol. The molecule has 0 saturated carbocycles. The molecule has 0 bridgehead atoms. The van der Waals surface area contributed by atoms with Crippen molar-refractivity contribution in [3.8, 4) is 0 Å². The van der Waals surface area contributed by atoms with E-state index in [0.29, 0.717) is 5.92 Å². The van der Waals surface area contributed by atoms with E-state index < -0.39 is 0 Å². The van der Waals surface area contributed by atoms with Crippen molar-refractivity contribution in [2.75, 3.05) is 23.1 Å². The lowest BCUT2D eigenvalue weighted by atomic mass is 9.95. The Hall–Kier alpha value is -2.78. The highest BCUT2D eigenvalue weighted by atomic mass is 15.8. The van der Waals surface area contributed by atoms with E-state index in [1.165, 1.54) is 33.6 Å². The van der Waals surface area contributed by atoms with Crippen molar-refractivity contribution >= 4 is 11.4 Å². The molecule has 3 aromatic rings. The Balaban J connectivity index is 1.63. The maximum Gasteiger partial charge on any atom is 0.0537 e. The molecule has 1 fully saturated rings. The molecule has 0 radical (unpaired) electrons. The smallest absolute Gasteiger partial charge is 0.0537 e. The largest absolute Gasteiger partial charge is 0.290 e. The minimum Gasteiger partial charge on any atom is -0.290 e. The van der Waals surface area contributed by atoms with Crippen LogP contribution in [0.1, 0.15) is 48.9 Å². The number of hydrogen-bond acceptors (Lipinski definition) is 3. The summed E-state index contributed by atoms with van der Waals surface area (Å²) in [7, 11) is 0. The first-order chi connectivity index (χ1) is 14.7. The predicted molar refractivity (Wildman–Crippen MR) is 128 cm³/mol. The highest BCUT2D eigenvalue weighted by Crippen LogP contribution is 2.28. The van der Waals surface area contributed by atoms with Gasteiger partial charge in [-0.2, -0.15) is 0 Å². The molecule has 0 amide bonds. The molecule has 1 N–H and O–H groups in total. The lowest BCUT2D eigenvalue weighted by Gasteiger charge is -2.43. The van der Waals surface area contributed by atoms with Gasteiger partial charge in [0.2, 0.25) is 0 Å². The lowest BCUT2D eigenvalue weighted by Crippen LogP contribution is -2.58. The third-order valence-electron chi connectivity index (χ3n) is 6.22. The number of rotatable bonds is 6. The molecule has 0 aliphatic carbocycles. The Morgan fingerprint density at radius 2 is 0.967 bits per heavy atom. The number of nitrogens with one attached hydrogen (secondary N) is 1. The minimum atomic E-state index is 0.425. The fraction of sp³-hybridized carbons (Fsp3) is 0.333. The van der Waals surface area contributed by atoms with E-state index in [1.54, 1.807) is 0 Å². The van der Waals surface area contributed by atoms with Crippen molar-refractivity contribution in [3.05, 3.63) is 95.1 Å². The van der Waals surface area contributed by atoms with E-state index in [9.17, 15) is 0 Å². The summed E-state index contributed by atoms with van der Waals surface area (Å²) >= 11 is 0. The van der Waals surface area contributed by atoms with Gasteiger partial charge < -0.3 is 0 Å². The Morgan fingerprint density at radius 1 is 0.600 bits per heavy atom. The van der Waals surface area contributed by atoms with Crippen molar-refractivity contribution in [1.29, 1.82) is 0 Å². The van der Waals surface area contributed by atoms with Crippen LogP contribution in [0.5, 0.6) is 0 Å². The van der Waals surface area contributed by atoms with Gasteiger partial charge in [-0.25, -0.2) is 0 Å². The number of anilines is 2. The van der Waals surface area contributed by atoms with Crippen LogP contribution < -0.4 is 15.6 Å². The summed E-state index contributed by atoms with van der Waals surface area (Å²) in [5.74, 6) is 0.425. The zero-order valence-corrected chi connectivity index (χ0v) is 18.4. The molecule has 0 spiro atoms. The zero-order valence-electron chi connectivity index (χ0n) is 18.4. The summed E-state index contributed by atoms with van der Waals surface area (Å²) in [5, 5.41) is 4.57. The van der Waals surface area contributed by atoms with Gasteiger partial charge in [0.25, 0.3) is 0 Å². The standard InChI is InChI=1S/C27H33N3/c1-4-21-7-13-24(14-8-21)25-19-29(26-15-9-22(5-2)10-16-26)28-30(20-25)27-17-11-23(6-3)12-18-27/h7-18,25,28H,4-6,19-20H2,1-3H3. The second-order valence-electron chi connectivity index (χ2n) is 8.15. The number of hydrogen-bond donors (Lipinski definition) is 1. The molecule has 3 nitrogen and oxygen atoms in total. The second kappa shape index (κ2) is 9.36. The zero-order chi connectivity index (χ0) is 20.9. The van der Waals surface area contributed by atoms with Crippen LogP contribution in [0.15, 0.2) is 72.8 Å². The Bertz CT molecular complexity index is 796. The summed E-state index contributed by atoms with van der Waals surface area (Å²) in [6, 6.07) is 27.0. The molecule has 3 heteroatoms. The van der Waals surface area contributed by atoms with E-state index in [4.69, 9.17) is 0 Å². The molecule has 0 unspecified atom stereocenters. The van der Waals surface area contributed by atoms with Crippen LogP contribution in [0.4, 0.5) is 11.4 Å².